The summed E-state index contributed by atoms with van der Waals surface area (Å²) in [6, 6.07) is 6.80. The fraction of sp³-hybridized carbons (Fsp3) is 0.250. The van der Waals surface area contributed by atoms with Crippen LogP contribution >= 0.6 is 15.9 Å². The van der Waals surface area contributed by atoms with Gasteiger partial charge in [-0.25, -0.2) is 0 Å². The molecule has 0 saturated carbocycles. The van der Waals surface area contributed by atoms with Crippen molar-refractivity contribution in [3.05, 3.63) is 46.2 Å². The molecule has 2 rings (SSSR count). The summed E-state index contributed by atoms with van der Waals surface area (Å²) in [6.07, 6.45) is 0. The van der Waals surface area contributed by atoms with Crippen LogP contribution in [0.4, 0.5) is 0 Å². The van der Waals surface area contributed by atoms with Crippen molar-refractivity contribution in [1.29, 1.82) is 0 Å². The van der Waals surface area contributed by atoms with Gasteiger partial charge in [0.05, 0.1) is 6.04 Å². The molecule has 2 heterocycles. The molecule has 2 aromatic heterocycles. The van der Waals surface area contributed by atoms with Crippen LogP contribution < -0.4 is 5.32 Å². The Hall–Kier alpha value is -1.49. The van der Waals surface area contributed by atoms with Crippen LogP contribution in [0.25, 0.3) is 0 Å². The molecule has 0 radical (unpaired) electrons. The van der Waals surface area contributed by atoms with Crippen LogP contribution in [0.5, 0.6) is 0 Å². The molecular formula is C12H12BrNO3. The van der Waals surface area contributed by atoms with Gasteiger partial charge >= 0.3 is 0 Å². The van der Waals surface area contributed by atoms with E-state index in [9.17, 15) is 4.79 Å². The van der Waals surface area contributed by atoms with E-state index in [0.717, 1.165) is 11.5 Å². The summed E-state index contributed by atoms with van der Waals surface area (Å²) >= 11 is 3.15. The summed E-state index contributed by atoms with van der Waals surface area (Å²) in [5.74, 6) is 1.55. The highest BCUT2D eigenvalue weighted by molar-refractivity contribution is 9.10. The van der Waals surface area contributed by atoms with Gasteiger partial charge in [0.1, 0.15) is 11.5 Å². The second-order valence-corrected chi connectivity index (χ2v) is 4.53. The first-order valence-electron chi connectivity index (χ1n) is 5.19. The third kappa shape index (κ3) is 2.79. The Kier molecular flexibility index (Phi) is 3.38. The van der Waals surface area contributed by atoms with Gasteiger partial charge in [0.15, 0.2) is 10.4 Å². The normalized spacial score (nSPS) is 12.4. The standard InChI is InChI=1S/C12H12BrNO3/c1-7-3-4-9(16-7)8(2)14-12(15)10-5-6-11(13)17-10/h3-6,8H,1-2H3,(H,14,15). The Morgan fingerprint density at radius 3 is 2.59 bits per heavy atom. The molecule has 4 nitrogen and oxygen atoms in total. The largest absolute Gasteiger partial charge is 0.464 e. The van der Waals surface area contributed by atoms with Crippen LogP contribution in [-0.2, 0) is 0 Å². The molecule has 0 aliphatic heterocycles. The summed E-state index contributed by atoms with van der Waals surface area (Å²) in [4.78, 5) is 11.8. The third-order valence-corrected chi connectivity index (χ3v) is 2.76. The van der Waals surface area contributed by atoms with Gasteiger partial charge in [-0.3, -0.25) is 4.79 Å². The van der Waals surface area contributed by atoms with E-state index in [0.29, 0.717) is 4.67 Å². The van der Waals surface area contributed by atoms with E-state index in [4.69, 9.17) is 8.83 Å². The summed E-state index contributed by atoms with van der Waals surface area (Å²) in [5, 5.41) is 2.79. The Balaban J connectivity index is 2.04. The van der Waals surface area contributed by atoms with Crippen molar-refractivity contribution in [1.82, 2.24) is 5.32 Å². The molecule has 0 saturated heterocycles. The second-order valence-electron chi connectivity index (χ2n) is 3.75. The molecule has 1 N–H and O–H groups in total. The number of furan rings is 2. The van der Waals surface area contributed by atoms with Crippen LogP contribution in [0, 0.1) is 6.92 Å². The molecule has 0 fully saturated rings. The monoisotopic (exact) mass is 297 g/mol. The van der Waals surface area contributed by atoms with Crippen molar-refractivity contribution in [3.63, 3.8) is 0 Å². The fourth-order valence-corrected chi connectivity index (χ4v) is 1.77. The van der Waals surface area contributed by atoms with Gasteiger partial charge in [0, 0.05) is 0 Å². The number of hydrogen-bond donors (Lipinski definition) is 1. The van der Waals surface area contributed by atoms with Crippen LogP contribution in [0.15, 0.2) is 37.8 Å². The van der Waals surface area contributed by atoms with Gasteiger partial charge in [0.2, 0.25) is 0 Å². The van der Waals surface area contributed by atoms with Crippen LogP contribution in [-0.4, -0.2) is 5.91 Å². The van der Waals surface area contributed by atoms with E-state index < -0.39 is 0 Å². The molecular weight excluding hydrogens is 286 g/mol. The number of carbonyl (C=O) groups excluding carboxylic acids is 1. The molecule has 90 valence electrons. The predicted molar refractivity (Wildman–Crippen MR) is 65.7 cm³/mol. The lowest BCUT2D eigenvalue weighted by Gasteiger charge is -2.09. The summed E-state index contributed by atoms with van der Waals surface area (Å²) in [7, 11) is 0. The quantitative estimate of drug-likeness (QED) is 0.944. The average Bonchev–Trinajstić information content (AvgIpc) is 2.87. The Bertz CT molecular complexity index is 529. The molecule has 1 atom stereocenters. The summed E-state index contributed by atoms with van der Waals surface area (Å²) < 4.78 is 11.1. The number of aryl methyl sites for hydroxylation is 1. The van der Waals surface area contributed by atoms with E-state index in [1.165, 1.54) is 0 Å². The molecule has 1 unspecified atom stereocenters. The average molecular weight is 298 g/mol. The van der Waals surface area contributed by atoms with E-state index in [1.807, 2.05) is 26.0 Å². The van der Waals surface area contributed by atoms with Crippen molar-refractivity contribution >= 4 is 21.8 Å². The van der Waals surface area contributed by atoms with Crippen molar-refractivity contribution in [2.45, 2.75) is 19.9 Å². The van der Waals surface area contributed by atoms with E-state index in [1.54, 1.807) is 12.1 Å². The Labute approximate surface area is 107 Å². The number of halogens is 1. The maximum atomic E-state index is 11.8. The molecule has 0 aromatic carbocycles. The smallest absolute Gasteiger partial charge is 0.287 e. The number of rotatable bonds is 3. The lowest BCUT2D eigenvalue weighted by molar-refractivity contribution is 0.0906. The number of carbonyl (C=O) groups is 1. The Morgan fingerprint density at radius 2 is 2.06 bits per heavy atom. The molecule has 5 heteroatoms. The topological polar surface area (TPSA) is 55.4 Å². The van der Waals surface area contributed by atoms with Gasteiger partial charge in [-0.15, -0.1) is 0 Å². The highest BCUT2D eigenvalue weighted by Crippen LogP contribution is 2.18. The molecule has 0 aliphatic carbocycles. The molecule has 1 amide bonds. The Morgan fingerprint density at radius 1 is 1.29 bits per heavy atom. The van der Waals surface area contributed by atoms with Gasteiger partial charge in [-0.2, -0.15) is 0 Å². The van der Waals surface area contributed by atoms with Gasteiger partial charge < -0.3 is 14.2 Å². The molecule has 0 aliphatic rings. The first-order chi connectivity index (χ1) is 8.06. The molecule has 17 heavy (non-hydrogen) atoms. The lowest BCUT2D eigenvalue weighted by Crippen LogP contribution is -2.25. The predicted octanol–water partition coefficient (Wildman–Crippen LogP) is 3.43. The van der Waals surface area contributed by atoms with Crippen molar-refractivity contribution in [2.24, 2.45) is 0 Å². The SMILES string of the molecule is Cc1ccc(C(C)NC(=O)c2ccc(Br)o2)o1. The maximum Gasteiger partial charge on any atom is 0.287 e. The fourth-order valence-electron chi connectivity index (χ4n) is 1.46. The second kappa shape index (κ2) is 4.79. The minimum Gasteiger partial charge on any atom is -0.464 e. The van der Waals surface area contributed by atoms with Crippen LogP contribution in [0.3, 0.4) is 0 Å². The van der Waals surface area contributed by atoms with E-state index >= 15 is 0 Å². The van der Waals surface area contributed by atoms with E-state index in [2.05, 4.69) is 21.2 Å². The zero-order valence-corrected chi connectivity index (χ0v) is 11.1. The van der Waals surface area contributed by atoms with Gasteiger partial charge in [-0.05, 0) is 54.0 Å². The van der Waals surface area contributed by atoms with E-state index in [-0.39, 0.29) is 17.7 Å². The van der Waals surface area contributed by atoms with Gasteiger partial charge in [-0.1, -0.05) is 0 Å². The third-order valence-electron chi connectivity index (χ3n) is 2.33. The van der Waals surface area contributed by atoms with Crippen molar-refractivity contribution in [3.8, 4) is 0 Å². The minimum absolute atomic E-state index is 0.194. The number of amides is 1. The lowest BCUT2D eigenvalue weighted by atomic mass is 10.2. The van der Waals surface area contributed by atoms with Crippen molar-refractivity contribution < 1.29 is 13.6 Å². The molecule has 2 aromatic rings. The van der Waals surface area contributed by atoms with Gasteiger partial charge in [0.25, 0.3) is 5.91 Å². The van der Waals surface area contributed by atoms with Crippen molar-refractivity contribution in [2.75, 3.05) is 0 Å². The minimum atomic E-state index is -0.266. The zero-order valence-electron chi connectivity index (χ0n) is 9.49. The van der Waals surface area contributed by atoms with Crippen LogP contribution in [0.1, 0.15) is 35.0 Å². The highest BCUT2D eigenvalue weighted by Gasteiger charge is 2.16. The molecule has 0 spiro atoms. The van der Waals surface area contributed by atoms with Crippen LogP contribution in [0.2, 0.25) is 0 Å². The maximum absolute atomic E-state index is 11.8. The zero-order chi connectivity index (χ0) is 12.4. The first kappa shape index (κ1) is 12.0. The summed E-state index contributed by atoms with van der Waals surface area (Å²) in [5.41, 5.74) is 0. The first-order valence-corrected chi connectivity index (χ1v) is 5.98. The highest BCUT2D eigenvalue weighted by atomic mass is 79.9. The summed E-state index contributed by atoms with van der Waals surface area (Å²) in [6.45, 7) is 3.72. The molecule has 0 bridgehead atoms. The number of nitrogens with one attached hydrogen (secondary N) is 1. The number of hydrogen-bond acceptors (Lipinski definition) is 3.